The molecule has 0 spiro atoms. The Kier molecular flexibility index (Phi) is 8.21. The predicted octanol–water partition coefficient (Wildman–Crippen LogP) is 4.72. The summed E-state index contributed by atoms with van der Waals surface area (Å²) < 4.78 is 25.8. The van der Waals surface area contributed by atoms with Crippen LogP contribution in [-0.4, -0.2) is 52.2 Å². The maximum absolute atomic E-state index is 14.7. The van der Waals surface area contributed by atoms with Crippen LogP contribution in [0.2, 0.25) is 0 Å². The molecule has 0 bridgehead atoms. The Morgan fingerprint density at radius 1 is 1.26 bits per heavy atom. The van der Waals surface area contributed by atoms with Gasteiger partial charge in [0.15, 0.2) is 0 Å². The van der Waals surface area contributed by atoms with Crippen LogP contribution in [0.25, 0.3) is 10.9 Å². The zero-order valence-corrected chi connectivity index (χ0v) is 21.4. The van der Waals surface area contributed by atoms with Crippen LogP contribution < -0.4 is 16.2 Å². The zero-order chi connectivity index (χ0) is 25.0. The molecule has 8 nitrogen and oxygen atoms in total. The number of hydrogen-bond donors (Lipinski definition) is 3. The third kappa shape index (κ3) is 7.33. The van der Waals surface area contributed by atoms with E-state index in [4.69, 9.17) is 9.47 Å². The smallest absolute Gasteiger partial charge is 0.407 e. The lowest BCUT2D eigenvalue weighted by Crippen LogP contribution is -2.40. The molecule has 1 amide bonds. The standard InChI is InChI=1S/C25H35FN4O4S/c1-25(2,3)34-24(32)27-12-17-8-9-18(13-33-17)35-14-21-29-20-11-16(28-15-6-4-5-7-15)10-19(26)22(20)23(31)30-21/h10-11,15,17-18,28H,4-9,12-14H2,1-3H3,(H,27,32)(H,29,30,31)/t17-,18-/m1/s1. The number of alkyl carbamates (subject to hydrolysis) is 1. The number of carbonyl (C=O) groups excluding carboxylic acids is 1. The van der Waals surface area contributed by atoms with Gasteiger partial charge >= 0.3 is 6.09 Å². The van der Waals surface area contributed by atoms with Crippen LogP contribution in [0.1, 0.15) is 65.1 Å². The molecule has 2 aliphatic rings. The Hall–Kier alpha value is -2.33. The average Bonchev–Trinajstić information content (AvgIpc) is 3.28. The fourth-order valence-electron chi connectivity index (χ4n) is 4.51. The minimum Gasteiger partial charge on any atom is -0.444 e. The third-order valence-corrected chi connectivity index (χ3v) is 7.48. The van der Waals surface area contributed by atoms with Gasteiger partial charge in [0.1, 0.15) is 22.6 Å². The molecule has 2 atom stereocenters. The molecule has 2 heterocycles. The van der Waals surface area contributed by atoms with Gasteiger partial charge in [0.05, 0.1) is 24.0 Å². The number of hydrogen-bond acceptors (Lipinski definition) is 7. The highest BCUT2D eigenvalue weighted by molar-refractivity contribution is 7.99. The Morgan fingerprint density at radius 2 is 2.03 bits per heavy atom. The molecule has 1 aromatic carbocycles. The zero-order valence-electron chi connectivity index (χ0n) is 20.6. The van der Waals surface area contributed by atoms with Gasteiger partial charge < -0.3 is 25.1 Å². The van der Waals surface area contributed by atoms with Gasteiger partial charge in [-0.25, -0.2) is 14.2 Å². The number of nitrogens with zero attached hydrogens (tertiary/aromatic N) is 1. The van der Waals surface area contributed by atoms with Crippen molar-refractivity contribution in [3.05, 3.63) is 34.1 Å². The number of thioether (sulfide) groups is 1. The van der Waals surface area contributed by atoms with E-state index < -0.39 is 23.1 Å². The van der Waals surface area contributed by atoms with Crippen LogP contribution in [0.5, 0.6) is 0 Å². The third-order valence-electron chi connectivity index (χ3n) is 6.19. The molecule has 1 saturated heterocycles. The Morgan fingerprint density at radius 3 is 2.71 bits per heavy atom. The molecule has 2 aromatic rings. The van der Waals surface area contributed by atoms with Gasteiger partial charge in [0.25, 0.3) is 5.56 Å². The fraction of sp³-hybridized carbons (Fsp3) is 0.640. The van der Waals surface area contributed by atoms with Gasteiger partial charge in [-0.3, -0.25) is 4.79 Å². The van der Waals surface area contributed by atoms with Crippen LogP contribution in [0, 0.1) is 5.82 Å². The summed E-state index contributed by atoms with van der Waals surface area (Å²) in [4.78, 5) is 31.7. The van der Waals surface area contributed by atoms with Gasteiger partial charge in [0, 0.05) is 23.5 Å². The first-order valence-corrected chi connectivity index (χ1v) is 13.4. The highest BCUT2D eigenvalue weighted by atomic mass is 32.2. The number of nitrogens with one attached hydrogen (secondary N) is 3. The average molecular weight is 507 g/mol. The topological polar surface area (TPSA) is 105 Å². The van der Waals surface area contributed by atoms with E-state index in [1.807, 2.05) is 20.8 Å². The van der Waals surface area contributed by atoms with Crippen LogP contribution in [0.3, 0.4) is 0 Å². The number of rotatable bonds is 7. The van der Waals surface area contributed by atoms with Crippen molar-refractivity contribution in [2.45, 2.75) is 88.0 Å². The molecule has 1 aromatic heterocycles. The molecule has 2 fully saturated rings. The minimum absolute atomic E-state index is 0.00273. The summed E-state index contributed by atoms with van der Waals surface area (Å²) in [7, 11) is 0. The van der Waals surface area contributed by atoms with Crippen molar-refractivity contribution >= 4 is 34.4 Å². The van der Waals surface area contributed by atoms with E-state index in [1.165, 1.54) is 18.9 Å². The number of ether oxygens (including phenoxy) is 2. The molecule has 0 unspecified atom stereocenters. The fourth-order valence-corrected chi connectivity index (χ4v) is 5.52. The second kappa shape index (κ2) is 11.2. The highest BCUT2D eigenvalue weighted by Crippen LogP contribution is 2.28. The summed E-state index contributed by atoms with van der Waals surface area (Å²) in [5.74, 6) is 0.475. The molecule has 10 heteroatoms. The Bertz CT molecular complexity index is 1090. The van der Waals surface area contributed by atoms with Crippen LogP contribution in [-0.2, 0) is 15.2 Å². The molecule has 1 aliphatic heterocycles. The van der Waals surface area contributed by atoms with Crippen molar-refractivity contribution in [2.75, 3.05) is 18.5 Å². The highest BCUT2D eigenvalue weighted by Gasteiger charge is 2.24. The molecule has 1 saturated carbocycles. The van der Waals surface area contributed by atoms with Gasteiger partial charge in [0.2, 0.25) is 0 Å². The summed E-state index contributed by atoms with van der Waals surface area (Å²) in [6.45, 7) is 6.44. The number of halogens is 1. The normalized spacial score (nSPS) is 21.3. The molecular weight excluding hydrogens is 471 g/mol. The number of amides is 1. The monoisotopic (exact) mass is 506 g/mol. The van der Waals surface area contributed by atoms with Gasteiger partial charge in [-0.15, -0.1) is 11.8 Å². The molecule has 1 aliphatic carbocycles. The van der Waals surface area contributed by atoms with E-state index in [0.29, 0.717) is 42.0 Å². The van der Waals surface area contributed by atoms with Crippen molar-refractivity contribution in [3.63, 3.8) is 0 Å². The van der Waals surface area contributed by atoms with Crippen LogP contribution in [0.15, 0.2) is 16.9 Å². The molecule has 35 heavy (non-hydrogen) atoms. The van der Waals surface area contributed by atoms with Crippen molar-refractivity contribution in [3.8, 4) is 0 Å². The lowest BCUT2D eigenvalue weighted by Gasteiger charge is -2.29. The minimum atomic E-state index is -0.553. The van der Waals surface area contributed by atoms with Gasteiger partial charge in [-0.2, -0.15) is 0 Å². The van der Waals surface area contributed by atoms with Crippen LogP contribution in [0.4, 0.5) is 14.9 Å². The predicted molar refractivity (Wildman–Crippen MR) is 136 cm³/mol. The molecular formula is C25H35FN4O4S. The van der Waals surface area contributed by atoms with E-state index in [0.717, 1.165) is 25.7 Å². The molecule has 3 N–H and O–H groups in total. The first-order valence-electron chi connectivity index (χ1n) is 12.4. The van der Waals surface area contributed by atoms with Crippen LogP contribution >= 0.6 is 11.8 Å². The quantitative estimate of drug-likeness (QED) is 0.499. The van der Waals surface area contributed by atoms with E-state index in [9.17, 15) is 14.0 Å². The molecule has 0 radical (unpaired) electrons. The first-order chi connectivity index (χ1) is 16.7. The summed E-state index contributed by atoms with van der Waals surface area (Å²) >= 11 is 1.66. The Balaban J connectivity index is 1.30. The van der Waals surface area contributed by atoms with Crippen molar-refractivity contribution in [1.82, 2.24) is 15.3 Å². The van der Waals surface area contributed by atoms with Crippen molar-refractivity contribution < 1.29 is 18.7 Å². The number of fused-ring (bicyclic) bond motifs is 1. The number of carbonyl (C=O) groups is 1. The second-order valence-corrected chi connectivity index (χ2v) is 11.6. The largest absolute Gasteiger partial charge is 0.444 e. The van der Waals surface area contributed by atoms with E-state index >= 15 is 0 Å². The second-order valence-electron chi connectivity index (χ2n) is 10.3. The lowest BCUT2D eigenvalue weighted by atomic mass is 10.1. The van der Waals surface area contributed by atoms with Gasteiger partial charge in [-0.1, -0.05) is 12.8 Å². The van der Waals surface area contributed by atoms with E-state index in [1.54, 1.807) is 17.8 Å². The lowest BCUT2D eigenvalue weighted by molar-refractivity contribution is 0.0138. The number of anilines is 1. The summed E-state index contributed by atoms with van der Waals surface area (Å²) in [6.07, 6.45) is 5.76. The van der Waals surface area contributed by atoms with E-state index in [2.05, 4.69) is 20.6 Å². The maximum atomic E-state index is 14.7. The molecule has 192 valence electrons. The number of aromatic nitrogens is 2. The van der Waals surface area contributed by atoms with E-state index in [-0.39, 0.29) is 16.7 Å². The number of benzene rings is 1. The summed E-state index contributed by atoms with van der Waals surface area (Å²) in [5, 5.41) is 6.39. The van der Waals surface area contributed by atoms with Crippen molar-refractivity contribution in [2.24, 2.45) is 0 Å². The first kappa shape index (κ1) is 25.8. The molecule has 4 rings (SSSR count). The van der Waals surface area contributed by atoms with Gasteiger partial charge in [-0.05, 0) is 58.6 Å². The summed E-state index contributed by atoms with van der Waals surface area (Å²) in [5.41, 5.74) is 0.0589. The maximum Gasteiger partial charge on any atom is 0.407 e. The SMILES string of the molecule is CC(C)(C)OC(=O)NC[C@H]1CC[C@@H](SCc2nc3cc(NC4CCCC4)cc(F)c3c(=O)[nH]2)CO1. The Labute approximate surface area is 209 Å². The summed E-state index contributed by atoms with van der Waals surface area (Å²) in [6, 6.07) is 3.50. The number of H-pyrrole nitrogens is 1. The number of aromatic amines is 1. The van der Waals surface area contributed by atoms with Crippen molar-refractivity contribution in [1.29, 1.82) is 0 Å².